The van der Waals surface area contributed by atoms with Crippen molar-refractivity contribution in [2.24, 2.45) is 0 Å². The lowest BCUT2D eigenvalue weighted by Gasteiger charge is -2.08. The van der Waals surface area contributed by atoms with Gasteiger partial charge in [-0.25, -0.2) is 48.3 Å². The number of benzene rings is 3. The fourth-order valence-corrected chi connectivity index (χ4v) is 4.47. The van der Waals surface area contributed by atoms with Gasteiger partial charge in [0.1, 0.15) is 52.9 Å². The summed E-state index contributed by atoms with van der Waals surface area (Å²) in [7, 11) is 0. The highest BCUT2D eigenvalue weighted by Gasteiger charge is 2.45. The maximum Gasteiger partial charge on any atom is 0.180 e. The molecule has 0 saturated heterocycles. The molecule has 0 N–H and O–H groups in total. The van der Waals surface area contributed by atoms with E-state index in [9.17, 15) is 42.1 Å². The molecule has 0 bridgehead atoms. The van der Waals surface area contributed by atoms with Crippen molar-refractivity contribution in [1.82, 2.24) is 0 Å². The first-order valence-corrected chi connectivity index (χ1v) is 11.8. The van der Waals surface area contributed by atoms with Crippen molar-refractivity contribution >= 4 is 16.7 Å². The number of terminal acetylenes is 1. The van der Waals surface area contributed by atoms with Crippen molar-refractivity contribution < 1.29 is 48.3 Å². The molecule has 16 heteroatoms. The van der Waals surface area contributed by atoms with Gasteiger partial charge >= 0.3 is 0 Å². The summed E-state index contributed by atoms with van der Waals surface area (Å²) in [6.07, 6.45) is 4.84. The van der Waals surface area contributed by atoms with Crippen LogP contribution in [0.2, 0.25) is 0 Å². The summed E-state index contributed by atoms with van der Waals surface area (Å²) in [6.45, 7) is 0. The summed E-state index contributed by atoms with van der Waals surface area (Å²) in [6, 6.07) is 5.09. The van der Waals surface area contributed by atoms with Crippen LogP contribution < -0.4 is 0 Å². The molecular weight excluding hydrogens is 651 g/mol. The molecule has 1 aliphatic carbocycles. The second-order valence-electron chi connectivity index (χ2n) is 8.87. The lowest BCUT2D eigenvalue weighted by atomic mass is 9.99. The van der Waals surface area contributed by atoms with E-state index in [1.165, 1.54) is 12.0 Å². The molecule has 3 aromatic rings. The number of halogens is 11. The van der Waals surface area contributed by atoms with Gasteiger partial charge in [0.05, 0.1) is 27.8 Å². The van der Waals surface area contributed by atoms with Crippen LogP contribution in [-0.4, -0.2) is 0 Å². The van der Waals surface area contributed by atoms with E-state index in [1.807, 2.05) is 0 Å². The van der Waals surface area contributed by atoms with Crippen LogP contribution in [0.25, 0.3) is 16.7 Å². The molecule has 0 heterocycles. The van der Waals surface area contributed by atoms with Crippen LogP contribution in [0.15, 0.2) is 22.8 Å². The van der Waals surface area contributed by atoms with E-state index < -0.39 is 131 Å². The van der Waals surface area contributed by atoms with E-state index in [1.54, 1.807) is 0 Å². The molecule has 1 aliphatic rings. The second kappa shape index (κ2) is 11.9. The van der Waals surface area contributed by atoms with Crippen LogP contribution in [0.4, 0.5) is 48.3 Å². The van der Waals surface area contributed by atoms with Crippen LogP contribution in [0, 0.1) is 133 Å². The van der Waals surface area contributed by atoms with E-state index in [0.29, 0.717) is 0 Å². The maximum absolute atomic E-state index is 15.1. The molecule has 5 nitrogen and oxygen atoms in total. The predicted octanol–water partition coefficient (Wildman–Crippen LogP) is 7.19. The van der Waals surface area contributed by atoms with Crippen molar-refractivity contribution in [3.05, 3.63) is 120 Å². The lowest BCUT2D eigenvalue weighted by molar-refractivity contribution is 0.447. The van der Waals surface area contributed by atoms with Gasteiger partial charge in [-0.15, -0.1) is 6.42 Å². The van der Waals surface area contributed by atoms with E-state index in [2.05, 4.69) is 0 Å². The zero-order chi connectivity index (χ0) is 35.2. The Bertz CT molecular complexity index is 2200. The van der Waals surface area contributed by atoms with Gasteiger partial charge in [-0.05, 0) is 6.07 Å². The Labute approximate surface area is 254 Å². The topological polar surface area (TPSA) is 119 Å². The molecule has 228 valence electrons. The van der Waals surface area contributed by atoms with Crippen LogP contribution in [0.1, 0.15) is 33.4 Å². The number of rotatable bonds is 3. The largest absolute Gasteiger partial charge is 0.205 e. The highest BCUT2D eigenvalue weighted by atomic mass is 19.2. The fraction of sp³-hybridized carbons (Fsp3) is 0. The summed E-state index contributed by atoms with van der Waals surface area (Å²) in [4.78, 5) is 0. The molecule has 0 radical (unpaired) electrons. The fourth-order valence-electron chi connectivity index (χ4n) is 4.47. The van der Waals surface area contributed by atoms with Crippen molar-refractivity contribution in [3.63, 3.8) is 0 Å². The Kier molecular flexibility index (Phi) is 8.36. The second-order valence-corrected chi connectivity index (χ2v) is 8.87. The first-order valence-electron chi connectivity index (χ1n) is 11.8. The summed E-state index contributed by atoms with van der Waals surface area (Å²) in [5.41, 5.74) is -18.6. The highest BCUT2D eigenvalue weighted by Crippen LogP contribution is 2.57. The minimum absolute atomic E-state index is 0.0264. The first-order chi connectivity index (χ1) is 22.2. The quantitative estimate of drug-likeness (QED) is 0.128. The normalized spacial score (nSPS) is 14.9. The SMILES string of the molecule is C#Cc1c(F)c(F)c(C(C#N)=C2C(=C(C#N)c3cc(F)c(C#N)c(F)c3F)C2=C(C#N)c2c(F)c(F)c(C#N)c(F)c2F)c(F)c1F. The van der Waals surface area contributed by atoms with Gasteiger partial charge in [0.25, 0.3) is 0 Å². The molecule has 0 amide bonds. The smallest absolute Gasteiger partial charge is 0.180 e. The van der Waals surface area contributed by atoms with Gasteiger partial charge < -0.3 is 0 Å². The van der Waals surface area contributed by atoms with E-state index in [0.717, 1.165) is 24.3 Å². The molecule has 1 fully saturated rings. The number of hydrogen-bond donors (Lipinski definition) is 0. The Morgan fingerprint density at radius 1 is 0.447 bits per heavy atom. The zero-order valence-corrected chi connectivity index (χ0v) is 22.0. The number of allylic oxidation sites excluding steroid dienone is 6. The first kappa shape index (κ1) is 33.0. The van der Waals surface area contributed by atoms with E-state index >= 15 is 22.0 Å². The van der Waals surface area contributed by atoms with Crippen LogP contribution >= 0.6 is 0 Å². The van der Waals surface area contributed by atoms with Crippen molar-refractivity contribution in [2.45, 2.75) is 0 Å². The minimum Gasteiger partial charge on any atom is -0.205 e. The third kappa shape index (κ3) is 4.70. The Morgan fingerprint density at radius 3 is 1.13 bits per heavy atom. The van der Waals surface area contributed by atoms with Gasteiger partial charge in [-0.1, -0.05) is 5.92 Å². The molecule has 0 spiro atoms. The third-order valence-corrected chi connectivity index (χ3v) is 6.60. The Hall–Kier alpha value is -6.88. The molecule has 0 unspecified atom stereocenters. The Balaban J connectivity index is 2.34. The summed E-state index contributed by atoms with van der Waals surface area (Å²) in [5, 5.41) is 47.3. The average molecular weight is 653 g/mol. The maximum atomic E-state index is 15.1. The van der Waals surface area contributed by atoms with Crippen LogP contribution in [0.3, 0.4) is 0 Å². The van der Waals surface area contributed by atoms with Crippen molar-refractivity contribution in [1.29, 1.82) is 26.3 Å². The van der Waals surface area contributed by atoms with Crippen LogP contribution in [0.5, 0.6) is 0 Å². The molecule has 47 heavy (non-hydrogen) atoms. The molecule has 1 saturated carbocycles. The summed E-state index contributed by atoms with van der Waals surface area (Å²) < 4.78 is 162. The third-order valence-electron chi connectivity index (χ3n) is 6.60. The van der Waals surface area contributed by atoms with Gasteiger partial charge in [0.2, 0.25) is 0 Å². The van der Waals surface area contributed by atoms with Gasteiger partial charge in [0.15, 0.2) is 58.2 Å². The minimum atomic E-state index is -2.44. The standard InChI is InChI=1S/C31H2F11N5/c1-2-9-22(33)28(39)20(29(40)23(9)34)13(6-45)18-17(11(4-43)10-3-16(32)12(5-44)25(36)24(10)35)19(18)14(7-46)21-30(41)26(37)15(8-47)27(38)31(21)42/h1,3H. The summed E-state index contributed by atoms with van der Waals surface area (Å²) in [5.74, 6) is -23.8. The van der Waals surface area contributed by atoms with E-state index in [4.69, 9.17) is 16.9 Å². The molecule has 0 aliphatic heterocycles. The molecule has 0 aromatic heterocycles. The predicted molar refractivity (Wildman–Crippen MR) is 134 cm³/mol. The summed E-state index contributed by atoms with van der Waals surface area (Å²) >= 11 is 0. The van der Waals surface area contributed by atoms with Crippen molar-refractivity contribution in [3.8, 4) is 42.7 Å². The molecule has 4 rings (SSSR count). The molecular formula is C31H2F11N5. The number of nitriles is 5. The molecule has 0 atom stereocenters. The van der Waals surface area contributed by atoms with Crippen molar-refractivity contribution in [2.75, 3.05) is 0 Å². The van der Waals surface area contributed by atoms with Crippen LogP contribution in [-0.2, 0) is 0 Å². The number of nitrogens with zero attached hydrogens (tertiary/aromatic N) is 5. The monoisotopic (exact) mass is 653 g/mol. The average Bonchev–Trinajstić information content (AvgIpc) is 3.76. The molecule has 3 aromatic carbocycles. The van der Waals surface area contributed by atoms with Gasteiger partial charge in [0, 0.05) is 22.3 Å². The van der Waals surface area contributed by atoms with E-state index in [-0.39, 0.29) is 6.07 Å². The number of hydrogen-bond acceptors (Lipinski definition) is 5. The van der Waals surface area contributed by atoms with Gasteiger partial charge in [-0.2, -0.15) is 26.3 Å². The lowest BCUT2D eigenvalue weighted by Crippen LogP contribution is -2.06. The van der Waals surface area contributed by atoms with Gasteiger partial charge in [-0.3, -0.25) is 0 Å². The zero-order valence-electron chi connectivity index (χ0n) is 22.0. The highest BCUT2D eigenvalue weighted by molar-refractivity contribution is 6.12. The Morgan fingerprint density at radius 2 is 0.787 bits per heavy atom.